The highest BCUT2D eigenvalue weighted by Crippen LogP contribution is 2.12. The van der Waals surface area contributed by atoms with E-state index in [1.54, 1.807) is 11.8 Å². The van der Waals surface area contributed by atoms with Crippen LogP contribution in [0.5, 0.6) is 0 Å². The van der Waals surface area contributed by atoms with Gasteiger partial charge in [-0.05, 0) is 6.42 Å². The summed E-state index contributed by atoms with van der Waals surface area (Å²) in [6.45, 7) is 2.69. The lowest BCUT2D eigenvalue weighted by Gasteiger charge is -2.10. The van der Waals surface area contributed by atoms with E-state index in [0.717, 1.165) is 6.42 Å². The van der Waals surface area contributed by atoms with Gasteiger partial charge in [-0.3, -0.25) is 0 Å². The Bertz CT molecular complexity index is 197. The van der Waals surface area contributed by atoms with Gasteiger partial charge in [-0.15, -0.1) is 0 Å². The maximum atomic E-state index is 10.7. The van der Waals surface area contributed by atoms with E-state index in [1.807, 2.05) is 0 Å². The van der Waals surface area contributed by atoms with E-state index in [1.165, 1.54) is 6.26 Å². The van der Waals surface area contributed by atoms with E-state index in [4.69, 9.17) is 5.73 Å². The van der Waals surface area contributed by atoms with Crippen LogP contribution in [0.2, 0.25) is 0 Å². The van der Waals surface area contributed by atoms with Gasteiger partial charge in [0.15, 0.2) is 0 Å². The van der Waals surface area contributed by atoms with Crippen molar-refractivity contribution in [2.45, 2.75) is 18.6 Å². The van der Waals surface area contributed by atoms with Crippen molar-refractivity contribution in [3.63, 3.8) is 0 Å². The Kier molecular flexibility index (Phi) is 5.96. The summed E-state index contributed by atoms with van der Waals surface area (Å²) in [5, 5.41) is 0.409. The van der Waals surface area contributed by atoms with E-state index >= 15 is 0 Å². The van der Waals surface area contributed by atoms with Crippen molar-refractivity contribution in [3.8, 4) is 0 Å². The highest BCUT2D eigenvalue weighted by Gasteiger charge is 2.06. The zero-order chi connectivity index (χ0) is 9.61. The second kappa shape index (κ2) is 5.83. The second-order valence-corrected chi connectivity index (χ2v) is 6.43. The highest BCUT2D eigenvalue weighted by molar-refractivity contribution is 8.01. The van der Waals surface area contributed by atoms with Crippen molar-refractivity contribution in [1.29, 1.82) is 0 Å². The Morgan fingerprint density at radius 3 is 2.42 bits per heavy atom. The monoisotopic (exact) mass is 211 g/mol. The molecule has 0 heterocycles. The molecule has 0 aromatic rings. The van der Waals surface area contributed by atoms with E-state index in [0.29, 0.717) is 17.5 Å². The lowest BCUT2D eigenvalue weighted by molar-refractivity contribution is 0.603. The molecule has 1 atom stereocenters. The standard InChI is InChI=1S/C7H17NO2S2/c1-3-7(6-8)11-4-5-12(2,9)10/h7H,3-6,8H2,1-2H3. The number of hydrogen-bond donors (Lipinski definition) is 1. The lowest BCUT2D eigenvalue weighted by atomic mass is 10.3. The van der Waals surface area contributed by atoms with Crippen LogP contribution in [0.1, 0.15) is 13.3 Å². The molecular formula is C7H17NO2S2. The molecule has 0 spiro atoms. The summed E-state index contributed by atoms with van der Waals surface area (Å²) in [7, 11) is -2.80. The minimum absolute atomic E-state index is 0.258. The third kappa shape index (κ3) is 6.94. The molecule has 1 unspecified atom stereocenters. The van der Waals surface area contributed by atoms with Crippen molar-refractivity contribution in [3.05, 3.63) is 0 Å². The number of thioether (sulfide) groups is 1. The molecule has 0 aromatic carbocycles. The molecule has 0 fully saturated rings. The molecular weight excluding hydrogens is 194 g/mol. The molecule has 0 aliphatic carbocycles. The van der Waals surface area contributed by atoms with Gasteiger partial charge in [0.1, 0.15) is 9.84 Å². The van der Waals surface area contributed by atoms with Crippen LogP contribution in [0.25, 0.3) is 0 Å². The fraction of sp³-hybridized carbons (Fsp3) is 1.00. The Morgan fingerprint density at radius 1 is 1.50 bits per heavy atom. The van der Waals surface area contributed by atoms with E-state index < -0.39 is 9.84 Å². The first-order valence-corrected chi connectivity index (χ1v) is 7.10. The first kappa shape index (κ1) is 12.3. The van der Waals surface area contributed by atoms with Gasteiger partial charge in [-0.2, -0.15) is 11.8 Å². The first-order chi connectivity index (χ1) is 5.49. The van der Waals surface area contributed by atoms with Crippen molar-refractivity contribution < 1.29 is 8.42 Å². The zero-order valence-corrected chi connectivity index (χ0v) is 9.25. The SMILES string of the molecule is CCC(CN)SCCS(C)(=O)=O. The van der Waals surface area contributed by atoms with Crippen LogP contribution in [0.15, 0.2) is 0 Å². The molecule has 5 heteroatoms. The average molecular weight is 211 g/mol. The Labute approximate surface area is 79.0 Å². The molecule has 74 valence electrons. The number of hydrogen-bond acceptors (Lipinski definition) is 4. The molecule has 0 bridgehead atoms. The third-order valence-electron chi connectivity index (χ3n) is 1.53. The number of rotatable bonds is 6. The molecule has 0 saturated carbocycles. The molecule has 3 nitrogen and oxygen atoms in total. The summed E-state index contributed by atoms with van der Waals surface area (Å²) in [6.07, 6.45) is 2.27. The van der Waals surface area contributed by atoms with Gasteiger partial charge >= 0.3 is 0 Å². The average Bonchev–Trinajstić information content (AvgIpc) is 1.96. The highest BCUT2D eigenvalue weighted by atomic mass is 32.2. The zero-order valence-electron chi connectivity index (χ0n) is 7.62. The third-order valence-corrected chi connectivity index (χ3v) is 4.17. The van der Waals surface area contributed by atoms with Crippen LogP contribution >= 0.6 is 11.8 Å². The minimum atomic E-state index is -2.80. The molecule has 0 saturated heterocycles. The number of sulfone groups is 1. The summed E-state index contributed by atoms with van der Waals surface area (Å²) >= 11 is 1.64. The second-order valence-electron chi connectivity index (χ2n) is 2.77. The van der Waals surface area contributed by atoms with Gasteiger partial charge in [0.25, 0.3) is 0 Å². The van der Waals surface area contributed by atoms with Crippen molar-refractivity contribution >= 4 is 21.6 Å². The Morgan fingerprint density at radius 2 is 2.08 bits per heavy atom. The smallest absolute Gasteiger partial charge is 0.148 e. The van der Waals surface area contributed by atoms with E-state index in [9.17, 15) is 8.42 Å². The molecule has 0 amide bonds. The molecule has 0 aliphatic heterocycles. The molecule has 0 rings (SSSR count). The van der Waals surface area contributed by atoms with Gasteiger partial charge in [-0.1, -0.05) is 6.92 Å². The van der Waals surface area contributed by atoms with Crippen molar-refractivity contribution in [2.75, 3.05) is 24.3 Å². The predicted molar refractivity (Wildman–Crippen MR) is 55.3 cm³/mol. The minimum Gasteiger partial charge on any atom is -0.329 e. The van der Waals surface area contributed by atoms with Gasteiger partial charge in [0, 0.05) is 23.8 Å². The predicted octanol–water partition coefficient (Wildman–Crippen LogP) is 0.502. The van der Waals surface area contributed by atoms with Crippen molar-refractivity contribution in [1.82, 2.24) is 0 Å². The van der Waals surface area contributed by atoms with Crippen LogP contribution in [0, 0.1) is 0 Å². The summed E-state index contributed by atoms with van der Waals surface area (Å²) < 4.78 is 21.5. The van der Waals surface area contributed by atoms with Gasteiger partial charge in [-0.25, -0.2) is 8.42 Å². The van der Waals surface area contributed by atoms with Gasteiger partial charge < -0.3 is 5.73 Å². The largest absolute Gasteiger partial charge is 0.329 e. The molecule has 12 heavy (non-hydrogen) atoms. The molecule has 0 aromatic heterocycles. The van der Waals surface area contributed by atoms with Crippen LogP contribution in [0.3, 0.4) is 0 Å². The lowest BCUT2D eigenvalue weighted by Crippen LogP contribution is -2.17. The summed E-state index contributed by atoms with van der Waals surface area (Å²) in [6, 6.07) is 0. The van der Waals surface area contributed by atoms with E-state index in [-0.39, 0.29) is 5.75 Å². The molecule has 2 N–H and O–H groups in total. The summed E-state index contributed by atoms with van der Waals surface area (Å²) in [4.78, 5) is 0. The maximum absolute atomic E-state index is 10.7. The summed E-state index contributed by atoms with van der Waals surface area (Å²) in [5.74, 6) is 0.919. The van der Waals surface area contributed by atoms with Crippen LogP contribution in [-0.4, -0.2) is 38.0 Å². The Hall–Kier alpha value is 0.260. The van der Waals surface area contributed by atoms with Gasteiger partial charge in [0.05, 0.1) is 5.75 Å². The quantitative estimate of drug-likeness (QED) is 0.695. The van der Waals surface area contributed by atoms with Gasteiger partial charge in [0.2, 0.25) is 0 Å². The maximum Gasteiger partial charge on any atom is 0.148 e. The fourth-order valence-electron chi connectivity index (χ4n) is 0.719. The van der Waals surface area contributed by atoms with Crippen molar-refractivity contribution in [2.24, 2.45) is 5.73 Å². The molecule has 0 aliphatic rings. The first-order valence-electron chi connectivity index (χ1n) is 3.99. The topological polar surface area (TPSA) is 60.2 Å². The number of nitrogens with two attached hydrogens (primary N) is 1. The van der Waals surface area contributed by atoms with E-state index in [2.05, 4.69) is 6.92 Å². The van der Waals surface area contributed by atoms with Crippen LogP contribution in [0.4, 0.5) is 0 Å². The van der Waals surface area contributed by atoms with Crippen LogP contribution in [-0.2, 0) is 9.84 Å². The molecule has 0 radical (unpaired) electrons. The summed E-state index contributed by atoms with van der Waals surface area (Å²) in [5.41, 5.74) is 5.46. The Balaban J connectivity index is 3.55. The van der Waals surface area contributed by atoms with Crippen LogP contribution < -0.4 is 5.73 Å². The fourth-order valence-corrected chi connectivity index (χ4v) is 3.02. The normalized spacial score (nSPS) is 14.6.